The first-order valence-corrected chi connectivity index (χ1v) is 8.37. The first kappa shape index (κ1) is 14.5. The van der Waals surface area contributed by atoms with Gasteiger partial charge >= 0.3 is 0 Å². The maximum atomic E-state index is 12.7. The lowest BCUT2D eigenvalue weighted by atomic mass is 9.78. The van der Waals surface area contributed by atoms with Crippen molar-refractivity contribution in [1.82, 2.24) is 15.3 Å². The molecule has 1 aromatic rings. The fourth-order valence-corrected chi connectivity index (χ4v) is 3.97. The molecule has 1 amide bonds. The molecule has 0 radical (unpaired) electrons. The highest BCUT2D eigenvalue weighted by Gasteiger charge is 2.38. The molecule has 0 aromatic carbocycles. The van der Waals surface area contributed by atoms with Gasteiger partial charge < -0.3 is 10.1 Å². The van der Waals surface area contributed by atoms with Crippen molar-refractivity contribution in [3.8, 4) is 5.75 Å². The van der Waals surface area contributed by atoms with Gasteiger partial charge in [-0.1, -0.05) is 0 Å². The Hall–Kier alpha value is -2.11. The minimum absolute atomic E-state index is 0.0370. The van der Waals surface area contributed by atoms with Gasteiger partial charge in [0.05, 0.1) is 18.7 Å². The molecule has 4 atom stereocenters. The number of fused-ring (bicyclic) bond motifs is 2. The summed E-state index contributed by atoms with van der Waals surface area (Å²) in [6.45, 7) is 0.621. The molecule has 6 nitrogen and oxygen atoms in total. The molecule has 1 aliphatic carbocycles. The molecular formula is C17H22N4O2. The van der Waals surface area contributed by atoms with Crippen molar-refractivity contribution in [2.24, 2.45) is 16.9 Å². The van der Waals surface area contributed by atoms with Gasteiger partial charge in [0.2, 0.25) is 5.91 Å². The zero-order valence-corrected chi connectivity index (χ0v) is 13.3. The van der Waals surface area contributed by atoms with Crippen molar-refractivity contribution >= 4 is 12.1 Å². The Morgan fingerprint density at radius 1 is 1.39 bits per heavy atom. The SMILES string of the molecule is CN1N=CC2CC(C(=O)NC3CCOc4cccnc43)CCC21. The number of hydrazone groups is 1. The molecule has 3 heterocycles. The molecule has 1 saturated carbocycles. The van der Waals surface area contributed by atoms with Crippen molar-refractivity contribution in [3.05, 3.63) is 24.0 Å². The van der Waals surface area contributed by atoms with E-state index < -0.39 is 0 Å². The van der Waals surface area contributed by atoms with E-state index in [0.717, 1.165) is 37.1 Å². The van der Waals surface area contributed by atoms with Crippen LogP contribution in [0.25, 0.3) is 0 Å². The molecule has 0 saturated heterocycles. The van der Waals surface area contributed by atoms with Crippen molar-refractivity contribution < 1.29 is 9.53 Å². The van der Waals surface area contributed by atoms with Gasteiger partial charge in [0.15, 0.2) is 0 Å². The second-order valence-electron chi connectivity index (χ2n) is 6.66. The Kier molecular flexibility index (Phi) is 3.67. The summed E-state index contributed by atoms with van der Waals surface area (Å²) in [5, 5.41) is 9.61. The van der Waals surface area contributed by atoms with Crippen LogP contribution in [-0.4, -0.2) is 41.8 Å². The molecule has 1 aromatic heterocycles. The highest BCUT2D eigenvalue weighted by Crippen LogP contribution is 2.35. The minimum Gasteiger partial charge on any atom is -0.491 e. The third-order valence-electron chi connectivity index (χ3n) is 5.26. The van der Waals surface area contributed by atoms with Crippen LogP contribution < -0.4 is 10.1 Å². The lowest BCUT2D eigenvalue weighted by Gasteiger charge is -2.34. The molecule has 1 fully saturated rings. The van der Waals surface area contributed by atoms with Gasteiger partial charge in [-0.3, -0.25) is 14.8 Å². The number of pyridine rings is 1. The smallest absolute Gasteiger partial charge is 0.223 e. The molecule has 4 unspecified atom stereocenters. The number of carbonyl (C=O) groups excluding carboxylic acids is 1. The van der Waals surface area contributed by atoms with Crippen molar-refractivity contribution in [2.45, 2.75) is 37.8 Å². The Morgan fingerprint density at radius 3 is 3.22 bits per heavy atom. The van der Waals surface area contributed by atoms with Crippen LogP contribution in [0.4, 0.5) is 0 Å². The van der Waals surface area contributed by atoms with Crippen molar-refractivity contribution in [2.75, 3.05) is 13.7 Å². The summed E-state index contributed by atoms with van der Waals surface area (Å²) in [6, 6.07) is 4.21. The number of rotatable bonds is 2. The molecule has 4 rings (SSSR count). The van der Waals surface area contributed by atoms with Gasteiger partial charge in [-0.25, -0.2) is 0 Å². The maximum absolute atomic E-state index is 12.7. The number of nitrogens with zero attached hydrogens (tertiary/aromatic N) is 3. The molecule has 2 aliphatic heterocycles. The summed E-state index contributed by atoms with van der Waals surface area (Å²) in [5.41, 5.74) is 0.850. The van der Waals surface area contributed by atoms with Gasteiger partial charge in [0.1, 0.15) is 11.4 Å². The molecule has 0 bridgehead atoms. The van der Waals surface area contributed by atoms with Gasteiger partial charge in [-0.05, 0) is 31.4 Å². The van der Waals surface area contributed by atoms with E-state index in [1.54, 1.807) is 6.20 Å². The Bertz CT molecular complexity index is 633. The average Bonchev–Trinajstić information content (AvgIpc) is 2.96. The molecule has 23 heavy (non-hydrogen) atoms. The number of hydrogen-bond donors (Lipinski definition) is 1. The quantitative estimate of drug-likeness (QED) is 0.903. The molecule has 0 spiro atoms. The minimum atomic E-state index is -0.0370. The molecular weight excluding hydrogens is 292 g/mol. The monoisotopic (exact) mass is 314 g/mol. The summed E-state index contributed by atoms with van der Waals surface area (Å²) in [5.74, 6) is 1.42. The van der Waals surface area contributed by atoms with Gasteiger partial charge in [-0.2, -0.15) is 5.10 Å². The van der Waals surface area contributed by atoms with Crippen LogP contribution in [0.15, 0.2) is 23.4 Å². The predicted octanol–water partition coefficient (Wildman–Crippen LogP) is 1.74. The highest BCUT2D eigenvalue weighted by atomic mass is 16.5. The fraction of sp³-hybridized carbons (Fsp3) is 0.588. The van der Waals surface area contributed by atoms with E-state index in [-0.39, 0.29) is 17.9 Å². The Morgan fingerprint density at radius 2 is 2.30 bits per heavy atom. The summed E-state index contributed by atoms with van der Waals surface area (Å²) >= 11 is 0. The zero-order chi connectivity index (χ0) is 15.8. The second-order valence-corrected chi connectivity index (χ2v) is 6.66. The predicted molar refractivity (Wildman–Crippen MR) is 86.1 cm³/mol. The van der Waals surface area contributed by atoms with E-state index >= 15 is 0 Å². The maximum Gasteiger partial charge on any atom is 0.223 e. The van der Waals surface area contributed by atoms with Gasteiger partial charge in [0, 0.05) is 37.7 Å². The largest absolute Gasteiger partial charge is 0.491 e. The lowest BCUT2D eigenvalue weighted by molar-refractivity contribution is -0.127. The first-order chi connectivity index (χ1) is 11.2. The average molecular weight is 314 g/mol. The van der Waals surface area contributed by atoms with Crippen LogP contribution in [0.1, 0.15) is 37.4 Å². The summed E-state index contributed by atoms with van der Waals surface area (Å²) in [6.07, 6.45) is 7.39. The topological polar surface area (TPSA) is 66.8 Å². The van der Waals surface area contributed by atoms with E-state index in [2.05, 4.69) is 15.4 Å². The lowest BCUT2D eigenvalue weighted by Crippen LogP contribution is -2.42. The Labute approximate surface area is 135 Å². The van der Waals surface area contributed by atoms with Crippen LogP contribution in [0.2, 0.25) is 0 Å². The van der Waals surface area contributed by atoms with E-state index in [0.29, 0.717) is 18.6 Å². The Balaban J connectivity index is 1.42. The van der Waals surface area contributed by atoms with Crippen LogP contribution in [0, 0.1) is 11.8 Å². The summed E-state index contributed by atoms with van der Waals surface area (Å²) in [4.78, 5) is 17.1. The molecule has 3 aliphatic rings. The van der Waals surface area contributed by atoms with Crippen LogP contribution >= 0.6 is 0 Å². The molecule has 122 valence electrons. The third kappa shape index (κ3) is 2.66. The number of nitrogens with one attached hydrogen (secondary N) is 1. The highest BCUT2D eigenvalue weighted by molar-refractivity contribution is 5.80. The molecule has 1 N–H and O–H groups in total. The van der Waals surface area contributed by atoms with Crippen LogP contribution in [0.5, 0.6) is 5.75 Å². The number of amides is 1. The van der Waals surface area contributed by atoms with Gasteiger partial charge in [0.25, 0.3) is 0 Å². The third-order valence-corrected chi connectivity index (χ3v) is 5.26. The summed E-state index contributed by atoms with van der Waals surface area (Å²) < 4.78 is 5.61. The summed E-state index contributed by atoms with van der Waals surface area (Å²) in [7, 11) is 2.02. The standard InChI is InChI=1S/C17H22N4O2/c1-21-14-5-4-11(9-12(14)10-19-21)17(22)20-13-6-8-23-15-3-2-7-18-16(13)15/h2-3,7,10-14H,4-6,8-9H2,1H3,(H,20,22). The number of carbonyl (C=O) groups is 1. The number of aromatic nitrogens is 1. The van der Waals surface area contributed by atoms with Crippen LogP contribution in [-0.2, 0) is 4.79 Å². The molecule has 6 heteroatoms. The fourth-order valence-electron chi connectivity index (χ4n) is 3.97. The van der Waals surface area contributed by atoms with Crippen LogP contribution in [0.3, 0.4) is 0 Å². The van der Waals surface area contributed by atoms with E-state index in [9.17, 15) is 4.79 Å². The van der Waals surface area contributed by atoms with E-state index in [1.807, 2.05) is 30.4 Å². The van der Waals surface area contributed by atoms with E-state index in [4.69, 9.17) is 4.74 Å². The van der Waals surface area contributed by atoms with E-state index in [1.165, 1.54) is 0 Å². The zero-order valence-electron chi connectivity index (χ0n) is 13.3. The van der Waals surface area contributed by atoms with Gasteiger partial charge in [-0.15, -0.1) is 0 Å². The van der Waals surface area contributed by atoms with Crippen molar-refractivity contribution in [3.63, 3.8) is 0 Å². The second kappa shape index (κ2) is 5.83. The first-order valence-electron chi connectivity index (χ1n) is 8.37. The number of ether oxygens (including phenoxy) is 1. The number of hydrogen-bond acceptors (Lipinski definition) is 5. The van der Waals surface area contributed by atoms with Crippen molar-refractivity contribution in [1.29, 1.82) is 0 Å². The normalized spacial score (nSPS) is 32.0.